The maximum Gasteiger partial charge on any atom is 0.253 e. The number of aryl methyl sites for hydroxylation is 2. The first kappa shape index (κ1) is 19.0. The lowest BCUT2D eigenvalue weighted by Gasteiger charge is -2.19. The van der Waals surface area contributed by atoms with Crippen molar-refractivity contribution in [3.05, 3.63) is 53.2 Å². The summed E-state index contributed by atoms with van der Waals surface area (Å²) in [4.78, 5) is 30.1. The van der Waals surface area contributed by atoms with Crippen LogP contribution in [0.2, 0.25) is 0 Å². The SMILES string of the molecule is C#CCNC(=O)c1ccc(N(C)CC(=O)Nc2c(C)cccc2C)nc1. The highest BCUT2D eigenvalue weighted by Crippen LogP contribution is 2.19. The summed E-state index contributed by atoms with van der Waals surface area (Å²) in [6.07, 6.45) is 6.57. The number of amides is 2. The Hall–Kier alpha value is -3.33. The standard InChI is InChI=1S/C20H22N4O2/c1-5-11-21-20(26)16-9-10-17(22-12-16)24(4)13-18(25)23-19-14(2)7-6-8-15(19)3/h1,6-10,12H,11,13H2,2-4H3,(H,21,26)(H,23,25). The lowest BCUT2D eigenvalue weighted by atomic mass is 10.1. The molecule has 1 aromatic heterocycles. The Kier molecular flexibility index (Phi) is 6.34. The van der Waals surface area contributed by atoms with E-state index in [1.165, 1.54) is 6.20 Å². The van der Waals surface area contributed by atoms with Gasteiger partial charge >= 0.3 is 0 Å². The van der Waals surface area contributed by atoms with E-state index < -0.39 is 0 Å². The Labute approximate surface area is 153 Å². The Morgan fingerprint density at radius 2 is 1.88 bits per heavy atom. The van der Waals surface area contributed by atoms with Crippen LogP contribution in [0.25, 0.3) is 0 Å². The van der Waals surface area contributed by atoms with E-state index in [2.05, 4.69) is 21.5 Å². The van der Waals surface area contributed by atoms with Gasteiger partial charge in [-0.05, 0) is 37.1 Å². The molecule has 0 fully saturated rings. The number of para-hydroxylation sites is 1. The normalized spacial score (nSPS) is 9.92. The van der Waals surface area contributed by atoms with Crippen LogP contribution in [0.5, 0.6) is 0 Å². The Morgan fingerprint density at radius 1 is 1.19 bits per heavy atom. The quantitative estimate of drug-likeness (QED) is 0.783. The second-order valence-corrected chi connectivity index (χ2v) is 5.96. The second kappa shape index (κ2) is 8.67. The minimum Gasteiger partial charge on any atom is -0.350 e. The fourth-order valence-electron chi connectivity index (χ4n) is 2.47. The number of carbonyl (C=O) groups excluding carboxylic acids is 2. The van der Waals surface area contributed by atoms with Gasteiger partial charge in [-0.15, -0.1) is 6.42 Å². The molecule has 0 aliphatic rings. The second-order valence-electron chi connectivity index (χ2n) is 5.96. The molecule has 0 saturated heterocycles. The van der Waals surface area contributed by atoms with Crippen molar-refractivity contribution in [2.45, 2.75) is 13.8 Å². The molecule has 1 heterocycles. The van der Waals surface area contributed by atoms with Crippen LogP contribution in [-0.4, -0.2) is 36.9 Å². The number of aromatic nitrogens is 1. The summed E-state index contributed by atoms with van der Waals surface area (Å²) in [6, 6.07) is 9.21. The summed E-state index contributed by atoms with van der Waals surface area (Å²) < 4.78 is 0. The van der Waals surface area contributed by atoms with E-state index in [9.17, 15) is 9.59 Å². The molecule has 0 atom stereocenters. The maximum absolute atomic E-state index is 12.3. The molecule has 0 bridgehead atoms. The lowest BCUT2D eigenvalue weighted by Crippen LogP contribution is -2.31. The van der Waals surface area contributed by atoms with E-state index in [-0.39, 0.29) is 24.9 Å². The number of terminal acetylenes is 1. The number of likely N-dealkylation sites (N-methyl/N-ethyl adjacent to an activating group) is 1. The molecule has 2 N–H and O–H groups in total. The van der Waals surface area contributed by atoms with Crippen molar-refractivity contribution in [2.75, 3.05) is 30.4 Å². The van der Waals surface area contributed by atoms with Crippen molar-refractivity contribution in [1.29, 1.82) is 0 Å². The first-order valence-electron chi connectivity index (χ1n) is 8.17. The van der Waals surface area contributed by atoms with Gasteiger partial charge in [0.15, 0.2) is 0 Å². The highest BCUT2D eigenvalue weighted by molar-refractivity contribution is 5.96. The van der Waals surface area contributed by atoms with Gasteiger partial charge in [0.2, 0.25) is 5.91 Å². The third-order valence-corrected chi connectivity index (χ3v) is 3.88. The average Bonchev–Trinajstić information content (AvgIpc) is 2.63. The highest BCUT2D eigenvalue weighted by atomic mass is 16.2. The van der Waals surface area contributed by atoms with Gasteiger partial charge in [0.25, 0.3) is 5.91 Å². The number of benzene rings is 1. The number of carbonyl (C=O) groups is 2. The van der Waals surface area contributed by atoms with Crippen LogP contribution in [0, 0.1) is 26.2 Å². The molecule has 1 aromatic carbocycles. The van der Waals surface area contributed by atoms with Gasteiger partial charge in [0.05, 0.1) is 18.7 Å². The van der Waals surface area contributed by atoms with Crippen LogP contribution in [0.3, 0.4) is 0 Å². The number of hydrogen-bond acceptors (Lipinski definition) is 4. The monoisotopic (exact) mass is 350 g/mol. The average molecular weight is 350 g/mol. The van der Waals surface area contributed by atoms with Crippen LogP contribution in [-0.2, 0) is 4.79 Å². The Morgan fingerprint density at radius 3 is 2.46 bits per heavy atom. The molecule has 26 heavy (non-hydrogen) atoms. The fraction of sp³-hybridized carbons (Fsp3) is 0.250. The van der Waals surface area contributed by atoms with Gasteiger partial charge < -0.3 is 15.5 Å². The molecule has 0 aliphatic carbocycles. The molecule has 2 rings (SSSR count). The van der Waals surface area contributed by atoms with Gasteiger partial charge in [-0.1, -0.05) is 24.1 Å². The van der Waals surface area contributed by atoms with Gasteiger partial charge in [0, 0.05) is 18.9 Å². The molecular formula is C20H22N4O2. The zero-order valence-electron chi connectivity index (χ0n) is 15.2. The van der Waals surface area contributed by atoms with Crippen molar-refractivity contribution in [3.63, 3.8) is 0 Å². The first-order chi connectivity index (χ1) is 12.4. The molecule has 0 spiro atoms. The molecule has 6 nitrogen and oxygen atoms in total. The summed E-state index contributed by atoms with van der Waals surface area (Å²) in [5.41, 5.74) is 3.28. The zero-order valence-corrected chi connectivity index (χ0v) is 15.2. The van der Waals surface area contributed by atoms with E-state index in [0.29, 0.717) is 11.4 Å². The summed E-state index contributed by atoms with van der Waals surface area (Å²) in [5, 5.41) is 5.52. The van der Waals surface area contributed by atoms with E-state index in [1.54, 1.807) is 24.1 Å². The van der Waals surface area contributed by atoms with Crippen molar-refractivity contribution < 1.29 is 9.59 Å². The van der Waals surface area contributed by atoms with E-state index in [0.717, 1.165) is 16.8 Å². The Bertz CT molecular complexity index is 818. The first-order valence-corrected chi connectivity index (χ1v) is 8.17. The van der Waals surface area contributed by atoms with Crippen LogP contribution < -0.4 is 15.5 Å². The number of hydrogen-bond donors (Lipinski definition) is 2. The number of nitrogens with zero attached hydrogens (tertiary/aromatic N) is 2. The molecule has 0 unspecified atom stereocenters. The molecular weight excluding hydrogens is 328 g/mol. The Balaban J connectivity index is 1.99. The van der Waals surface area contributed by atoms with Crippen molar-refractivity contribution in [1.82, 2.24) is 10.3 Å². The number of rotatable bonds is 6. The van der Waals surface area contributed by atoms with Crippen molar-refractivity contribution in [3.8, 4) is 12.3 Å². The van der Waals surface area contributed by atoms with Crippen LogP contribution in [0.15, 0.2) is 36.5 Å². The largest absolute Gasteiger partial charge is 0.350 e. The van der Waals surface area contributed by atoms with Gasteiger partial charge in [-0.3, -0.25) is 9.59 Å². The fourth-order valence-corrected chi connectivity index (χ4v) is 2.47. The molecule has 0 radical (unpaired) electrons. The van der Waals surface area contributed by atoms with Crippen molar-refractivity contribution >= 4 is 23.3 Å². The minimum atomic E-state index is -0.280. The van der Waals surface area contributed by atoms with E-state index >= 15 is 0 Å². The highest BCUT2D eigenvalue weighted by Gasteiger charge is 2.12. The zero-order chi connectivity index (χ0) is 19.1. The third-order valence-electron chi connectivity index (χ3n) is 3.88. The molecule has 2 amide bonds. The van der Waals surface area contributed by atoms with Gasteiger partial charge in [-0.25, -0.2) is 4.98 Å². The van der Waals surface area contributed by atoms with Crippen LogP contribution >= 0.6 is 0 Å². The minimum absolute atomic E-state index is 0.137. The van der Waals surface area contributed by atoms with E-state index in [4.69, 9.17) is 6.42 Å². The number of nitrogens with one attached hydrogen (secondary N) is 2. The smallest absolute Gasteiger partial charge is 0.253 e. The molecule has 0 saturated carbocycles. The molecule has 2 aromatic rings. The summed E-state index contributed by atoms with van der Waals surface area (Å²) >= 11 is 0. The maximum atomic E-state index is 12.3. The molecule has 0 aliphatic heterocycles. The summed E-state index contributed by atoms with van der Waals surface area (Å²) in [7, 11) is 1.77. The third kappa shape index (κ3) is 4.84. The van der Waals surface area contributed by atoms with Gasteiger partial charge in [0.1, 0.15) is 5.82 Å². The molecule has 134 valence electrons. The number of anilines is 2. The summed E-state index contributed by atoms with van der Waals surface area (Å²) in [6.45, 7) is 4.22. The lowest BCUT2D eigenvalue weighted by molar-refractivity contribution is -0.114. The predicted octanol–water partition coefficient (Wildman–Crippen LogP) is 2.14. The predicted molar refractivity (Wildman–Crippen MR) is 103 cm³/mol. The van der Waals surface area contributed by atoms with Crippen LogP contribution in [0.4, 0.5) is 11.5 Å². The number of pyridine rings is 1. The van der Waals surface area contributed by atoms with Crippen LogP contribution in [0.1, 0.15) is 21.5 Å². The van der Waals surface area contributed by atoms with Crippen molar-refractivity contribution in [2.24, 2.45) is 0 Å². The van der Waals surface area contributed by atoms with E-state index in [1.807, 2.05) is 32.0 Å². The topological polar surface area (TPSA) is 74.3 Å². The molecule has 6 heteroatoms. The van der Waals surface area contributed by atoms with Gasteiger partial charge in [-0.2, -0.15) is 0 Å². The summed E-state index contributed by atoms with van der Waals surface area (Å²) in [5.74, 6) is 2.52.